The highest BCUT2D eigenvalue weighted by Gasteiger charge is 2.25. The topological polar surface area (TPSA) is 88.5 Å². The Morgan fingerprint density at radius 2 is 1.83 bits per heavy atom. The molecule has 2 aromatic carbocycles. The van der Waals surface area contributed by atoms with Crippen LogP contribution in [0.2, 0.25) is 0 Å². The summed E-state index contributed by atoms with van der Waals surface area (Å²) >= 11 is 0. The highest BCUT2D eigenvalue weighted by molar-refractivity contribution is 5.96. The minimum absolute atomic E-state index is 0.0159. The zero-order valence-electron chi connectivity index (χ0n) is 21.3. The highest BCUT2D eigenvalue weighted by atomic mass is 16.2. The van der Waals surface area contributed by atoms with Gasteiger partial charge in [-0.1, -0.05) is 44.2 Å². The van der Waals surface area contributed by atoms with Crippen molar-refractivity contribution in [2.24, 2.45) is 0 Å². The number of nitriles is 1. The number of nitrogens with zero attached hydrogens (tertiary/aromatic N) is 3. The number of rotatable bonds is 10. The number of carbonyl (C=O) groups excluding carboxylic acids is 2. The van der Waals surface area contributed by atoms with Crippen LogP contribution >= 0.6 is 0 Å². The molecule has 1 unspecified atom stereocenters. The van der Waals surface area contributed by atoms with Gasteiger partial charge in [0.25, 0.3) is 0 Å². The lowest BCUT2D eigenvalue weighted by Crippen LogP contribution is -2.47. The molecule has 186 valence electrons. The molecule has 7 nitrogen and oxygen atoms in total. The Balaban J connectivity index is 1.58. The molecule has 0 spiro atoms. The average Bonchev–Trinajstić information content (AvgIpc) is 2.86. The SMILES string of the molecule is Cc1ccc(C#N)cc1N(CCNC(C)C)C(=O)CNCC(=O)N(C)C1CCc2ccccc2C1. The van der Waals surface area contributed by atoms with Crippen LogP contribution in [0.3, 0.4) is 0 Å². The Kier molecular flexibility index (Phi) is 9.41. The van der Waals surface area contributed by atoms with Gasteiger partial charge in [0.2, 0.25) is 11.8 Å². The fourth-order valence-electron chi connectivity index (χ4n) is 4.52. The van der Waals surface area contributed by atoms with E-state index >= 15 is 0 Å². The zero-order chi connectivity index (χ0) is 25.4. The predicted molar refractivity (Wildman–Crippen MR) is 139 cm³/mol. The monoisotopic (exact) mass is 475 g/mol. The average molecular weight is 476 g/mol. The summed E-state index contributed by atoms with van der Waals surface area (Å²) in [6.07, 6.45) is 2.79. The van der Waals surface area contributed by atoms with Crippen molar-refractivity contribution in [3.63, 3.8) is 0 Å². The van der Waals surface area contributed by atoms with E-state index in [1.165, 1.54) is 11.1 Å². The molecular formula is C28H37N5O2. The summed E-state index contributed by atoms with van der Waals surface area (Å²) < 4.78 is 0. The van der Waals surface area contributed by atoms with Crippen LogP contribution in [0.1, 0.15) is 42.5 Å². The molecule has 2 N–H and O–H groups in total. The third-order valence-corrected chi connectivity index (χ3v) is 6.63. The first kappa shape index (κ1) is 26.4. The molecule has 0 radical (unpaired) electrons. The standard InChI is InChI=1S/C28H37N5O2/c1-20(2)31-13-14-33(26-15-22(17-29)10-9-21(26)3)28(35)19-30-18-27(34)32(4)25-12-11-23-7-5-6-8-24(23)16-25/h5-10,15,20,25,30-31H,11-14,16,18-19H2,1-4H3. The lowest BCUT2D eigenvalue weighted by Gasteiger charge is -2.32. The quantitative estimate of drug-likeness (QED) is 0.552. The van der Waals surface area contributed by atoms with Crippen LogP contribution in [0.5, 0.6) is 0 Å². The van der Waals surface area contributed by atoms with E-state index in [0.29, 0.717) is 24.7 Å². The minimum atomic E-state index is -0.129. The van der Waals surface area contributed by atoms with Crippen molar-refractivity contribution >= 4 is 17.5 Å². The lowest BCUT2D eigenvalue weighted by atomic mass is 9.87. The van der Waals surface area contributed by atoms with Gasteiger partial charge in [0.15, 0.2) is 0 Å². The number of hydrogen-bond acceptors (Lipinski definition) is 5. The van der Waals surface area contributed by atoms with Crippen molar-refractivity contribution < 1.29 is 9.59 Å². The second kappa shape index (κ2) is 12.5. The van der Waals surface area contributed by atoms with E-state index in [4.69, 9.17) is 0 Å². The number of hydrogen-bond donors (Lipinski definition) is 2. The number of amides is 2. The summed E-state index contributed by atoms with van der Waals surface area (Å²) in [5, 5.41) is 15.7. The van der Waals surface area contributed by atoms with Crippen LogP contribution in [0.4, 0.5) is 5.69 Å². The van der Waals surface area contributed by atoms with Crippen LogP contribution in [-0.4, -0.2) is 62.0 Å². The zero-order valence-corrected chi connectivity index (χ0v) is 21.3. The van der Waals surface area contributed by atoms with Crippen molar-refractivity contribution in [3.05, 3.63) is 64.7 Å². The molecule has 1 aliphatic rings. The van der Waals surface area contributed by atoms with Gasteiger partial charge < -0.3 is 15.1 Å². The van der Waals surface area contributed by atoms with Crippen molar-refractivity contribution in [3.8, 4) is 6.07 Å². The van der Waals surface area contributed by atoms with Crippen molar-refractivity contribution in [2.75, 3.05) is 38.1 Å². The Morgan fingerprint density at radius 3 is 2.54 bits per heavy atom. The van der Waals surface area contributed by atoms with Crippen LogP contribution in [0, 0.1) is 18.3 Å². The van der Waals surface area contributed by atoms with E-state index in [2.05, 4.69) is 48.7 Å². The van der Waals surface area contributed by atoms with Crippen molar-refractivity contribution in [1.29, 1.82) is 5.26 Å². The largest absolute Gasteiger partial charge is 0.341 e. The van der Waals surface area contributed by atoms with Crippen LogP contribution in [-0.2, 0) is 22.4 Å². The third-order valence-electron chi connectivity index (χ3n) is 6.63. The Labute approximate surface area is 209 Å². The fraction of sp³-hybridized carbons (Fsp3) is 0.464. The Bertz CT molecular complexity index is 1080. The molecule has 0 heterocycles. The molecule has 2 amide bonds. The normalized spacial score (nSPS) is 14.8. The molecule has 0 aliphatic heterocycles. The van der Waals surface area contributed by atoms with Crippen LogP contribution < -0.4 is 15.5 Å². The van der Waals surface area contributed by atoms with Gasteiger partial charge in [-0.15, -0.1) is 0 Å². The molecule has 0 bridgehead atoms. The van der Waals surface area contributed by atoms with Gasteiger partial charge >= 0.3 is 0 Å². The van der Waals surface area contributed by atoms with Crippen molar-refractivity contribution in [2.45, 2.75) is 52.1 Å². The van der Waals surface area contributed by atoms with Gasteiger partial charge in [0.05, 0.1) is 24.7 Å². The maximum absolute atomic E-state index is 13.2. The Morgan fingerprint density at radius 1 is 1.11 bits per heavy atom. The maximum Gasteiger partial charge on any atom is 0.241 e. The molecule has 3 rings (SSSR count). The van der Waals surface area contributed by atoms with E-state index in [1.807, 2.05) is 31.0 Å². The molecule has 7 heteroatoms. The molecule has 0 aromatic heterocycles. The summed E-state index contributed by atoms with van der Waals surface area (Å²) in [5.41, 5.74) is 4.85. The first-order valence-electron chi connectivity index (χ1n) is 12.4. The van der Waals surface area contributed by atoms with Crippen molar-refractivity contribution in [1.82, 2.24) is 15.5 Å². The van der Waals surface area contributed by atoms with E-state index < -0.39 is 0 Å². The summed E-state index contributed by atoms with van der Waals surface area (Å²) in [4.78, 5) is 29.6. The predicted octanol–water partition coefficient (Wildman–Crippen LogP) is 2.80. The maximum atomic E-state index is 13.2. The van der Waals surface area contributed by atoms with E-state index in [9.17, 15) is 14.9 Å². The van der Waals surface area contributed by atoms with Gasteiger partial charge in [-0.05, 0) is 55.0 Å². The molecule has 0 saturated carbocycles. The minimum Gasteiger partial charge on any atom is -0.341 e. The van der Waals surface area contributed by atoms with Gasteiger partial charge in [-0.25, -0.2) is 0 Å². The molecule has 2 aromatic rings. The number of carbonyl (C=O) groups is 2. The van der Waals surface area contributed by atoms with Crippen LogP contribution in [0.15, 0.2) is 42.5 Å². The summed E-state index contributed by atoms with van der Waals surface area (Å²) in [6.45, 7) is 7.31. The van der Waals surface area contributed by atoms with E-state index in [0.717, 1.165) is 30.5 Å². The summed E-state index contributed by atoms with van der Waals surface area (Å²) in [6, 6.07) is 16.4. The number of fused-ring (bicyclic) bond motifs is 1. The molecular weight excluding hydrogens is 438 g/mol. The van der Waals surface area contributed by atoms with Gasteiger partial charge in [0.1, 0.15) is 0 Å². The molecule has 0 saturated heterocycles. The van der Waals surface area contributed by atoms with E-state index in [1.54, 1.807) is 17.0 Å². The second-order valence-electron chi connectivity index (χ2n) is 9.54. The van der Waals surface area contributed by atoms with Gasteiger partial charge in [-0.2, -0.15) is 5.26 Å². The molecule has 1 atom stereocenters. The number of aryl methyl sites for hydroxylation is 2. The van der Waals surface area contributed by atoms with Gasteiger partial charge in [0, 0.05) is 37.9 Å². The number of nitrogens with one attached hydrogen (secondary N) is 2. The Hall–Kier alpha value is -3.21. The number of likely N-dealkylation sites (N-methyl/N-ethyl adjacent to an activating group) is 1. The molecule has 1 aliphatic carbocycles. The van der Waals surface area contributed by atoms with Crippen LogP contribution in [0.25, 0.3) is 0 Å². The molecule has 0 fully saturated rings. The summed E-state index contributed by atoms with van der Waals surface area (Å²) in [7, 11) is 1.85. The molecule has 35 heavy (non-hydrogen) atoms. The fourth-order valence-corrected chi connectivity index (χ4v) is 4.52. The number of anilines is 1. The number of benzene rings is 2. The smallest absolute Gasteiger partial charge is 0.241 e. The lowest BCUT2D eigenvalue weighted by molar-refractivity contribution is -0.131. The first-order chi connectivity index (χ1) is 16.8. The first-order valence-corrected chi connectivity index (χ1v) is 12.4. The highest BCUT2D eigenvalue weighted by Crippen LogP contribution is 2.24. The summed E-state index contributed by atoms with van der Waals surface area (Å²) in [5.74, 6) is -0.145. The van der Waals surface area contributed by atoms with Gasteiger partial charge in [-0.3, -0.25) is 14.9 Å². The third kappa shape index (κ3) is 7.14. The second-order valence-corrected chi connectivity index (χ2v) is 9.54. The van der Waals surface area contributed by atoms with E-state index in [-0.39, 0.29) is 30.9 Å².